The lowest BCUT2D eigenvalue weighted by Crippen LogP contribution is -1.43. The van der Waals surface area contributed by atoms with E-state index in [-0.39, 0.29) is 0 Å². The van der Waals surface area contributed by atoms with Crippen LogP contribution in [0.1, 0.15) is 6.92 Å². The molecule has 0 aromatic carbocycles. The molecule has 7 heavy (non-hydrogen) atoms. The highest BCUT2D eigenvalue weighted by molar-refractivity contribution is 5.10. The summed E-state index contributed by atoms with van der Waals surface area (Å²) in [6.45, 7) is 1.90. The topological polar surface area (TPSA) is 23.8 Å². The van der Waals surface area contributed by atoms with Crippen molar-refractivity contribution in [3.8, 4) is 6.07 Å². The van der Waals surface area contributed by atoms with E-state index in [4.69, 9.17) is 5.26 Å². The van der Waals surface area contributed by atoms with Crippen molar-refractivity contribution in [3.63, 3.8) is 0 Å². The highest BCUT2D eigenvalue weighted by Crippen LogP contribution is 1.71. The predicted octanol–water partition coefficient (Wildman–Crippen LogP) is 1.64. The van der Waals surface area contributed by atoms with Crippen molar-refractivity contribution in [2.75, 3.05) is 0 Å². The third-order valence-corrected chi connectivity index (χ3v) is 0.474. The summed E-state index contributed by atoms with van der Waals surface area (Å²) >= 11 is 0. The number of hydrogen-bond acceptors (Lipinski definition) is 1. The van der Waals surface area contributed by atoms with Gasteiger partial charge in [-0.05, 0) is 6.92 Å². The largest absolute Gasteiger partial charge is 0.193 e. The van der Waals surface area contributed by atoms with Crippen molar-refractivity contribution in [2.24, 2.45) is 0 Å². The average molecular weight is 93.1 g/mol. The molecule has 36 valence electrons. The van der Waals surface area contributed by atoms with Crippen LogP contribution in [0.3, 0.4) is 0 Å². The second-order valence-corrected chi connectivity index (χ2v) is 1.01. The van der Waals surface area contributed by atoms with Crippen LogP contribution in [0.4, 0.5) is 0 Å². The summed E-state index contributed by atoms with van der Waals surface area (Å²) in [6.07, 6.45) is 6.80. The molecule has 0 aromatic rings. The summed E-state index contributed by atoms with van der Waals surface area (Å²) in [5.41, 5.74) is 0. The molecule has 1 nitrogen and oxygen atoms in total. The van der Waals surface area contributed by atoms with E-state index in [2.05, 4.69) is 0 Å². The van der Waals surface area contributed by atoms with E-state index in [1.165, 1.54) is 6.08 Å². The van der Waals surface area contributed by atoms with Crippen molar-refractivity contribution >= 4 is 0 Å². The van der Waals surface area contributed by atoms with Gasteiger partial charge in [0, 0.05) is 6.08 Å². The zero-order valence-electron chi connectivity index (χ0n) is 4.26. The van der Waals surface area contributed by atoms with Crippen LogP contribution in [-0.4, -0.2) is 0 Å². The van der Waals surface area contributed by atoms with Crippen LogP contribution in [0.15, 0.2) is 24.3 Å². The maximum atomic E-state index is 7.92. The average Bonchev–Trinajstić information content (AvgIpc) is 1.69. The van der Waals surface area contributed by atoms with Crippen LogP contribution in [0.25, 0.3) is 0 Å². The molecule has 0 saturated carbocycles. The third-order valence-electron chi connectivity index (χ3n) is 0.474. The summed E-state index contributed by atoms with van der Waals surface area (Å²) in [7, 11) is 0. The monoisotopic (exact) mass is 93.1 g/mol. The van der Waals surface area contributed by atoms with E-state index in [0.717, 1.165) is 0 Å². The molecular formula is C6H7N. The number of allylic oxidation sites excluding steroid dienone is 4. The molecular weight excluding hydrogens is 86.1 g/mol. The molecule has 0 aliphatic carbocycles. The van der Waals surface area contributed by atoms with Crippen molar-refractivity contribution in [1.29, 1.82) is 5.26 Å². The van der Waals surface area contributed by atoms with Crippen molar-refractivity contribution in [3.05, 3.63) is 24.3 Å². The maximum absolute atomic E-state index is 7.92. The first-order chi connectivity index (χ1) is 3.41. The van der Waals surface area contributed by atoms with Gasteiger partial charge in [0.05, 0.1) is 6.07 Å². The summed E-state index contributed by atoms with van der Waals surface area (Å²) in [6, 6.07) is 1.87. The van der Waals surface area contributed by atoms with Gasteiger partial charge in [-0.1, -0.05) is 18.2 Å². The van der Waals surface area contributed by atoms with Gasteiger partial charge >= 0.3 is 0 Å². The molecule has 0 fully saturated rings. The van der Waals surface area contributed by atoms with Crippen LogP contribution >= 0.6 is 0 Å². The van der Waals surface area contributed by atoms with Gasteiger partial charge < -0.3 is 0 Å². The van der Waals surface area contributed by atoms with E-state index in [9.17, 15) is 0 Å². The smallest absolute Gasteiger partial charge is 0.0912 e. The van der Waals surface area contributed by atoms with Crippen molar-refractivity contribution in [2.45, 2.75) is 6.92 Å². The van der Waals surface area contributed by atoms with Gasteiger partial charge in [0.2, 0.25) is 0 Å². The lowest BCUT2D eigenvalue weighted by molar-refractivity contribution is 1.53. The Morgan fingerprint density at radius 1 is 1.43 bits per heavy atom. The standard InChI is InChI=1S/C6H7N/c1-2-3-4-5-6-7/h2-5H,1H3/b3-2+,5-4-. The molecule has 0 aliphatic rings. The molecule has 0 atom stereocenters. The van der Waals surface area contributed by atoms with E-state index in [1.54, 1.807) is 6.08 Å². The lowest BCUT2D eigenvalue weighted by Gasteiger charge is -1.61. The lowest BCUT2D eigenvalue weighted by atomic mass is 10.5. The Morgan fingerprint density at radius 3 is 2.57 bits per heavy atom. The molecule has 0 heterocycles. The van der Waals surface area contributed by atoms with E-state index >= 15 is 0 Å². The van der Waals surface area contributed by atoms with E-state index < -0.39 is 0 Å². The Morgan fingerprint density at radius 2 is 2.14 bits per heavy atom. The molecule has 0 N–H and O–H groups in total. The Bertz CT molecular complexity index is 115. The quantitative estimate of drug-likeness (QED) is 0.357. The van der Waals surface area contributed by atoms with Crippen LogP contribution in [0, 0.1) is 11.3 Å². The fraction of sp³-hybridized carbons (Fsp3) is 0.167. The zero-order valence-corrected chi connectivity index (χ0v) is 4.26. The molecule has 0 aliphatic heterocycles. The van der Waals surface area contributed by atoms with E-state index in [0.29, 0.717) is 0 Å². The van der Waals surface area contributed by atoms with Gasteiger partial charge in [-0.15, -0.1) is 0 Å². The first-order valence-electron chi connectivity index (χ1n) is 2.09. The number of nitriles is 1. The molecule has 0 aromatic heterocycles. The van der Waals surface area contributed by atoms with Gasteiger partial charge in [0.15, 0.2) is 0 Å². The van der Waals surface area contributed by atoms with Gasteiger partial charge in [0.1, 0.15) is 0 Å². The maximum Gasteiger partial charge on any atom is 0.0912 e. The summed E-state index contributed by atoms with van der Waals surface area (Å²) in [4.78, 5) is 0. The third kappa shape index (κ3) is 4.97. The second kappa shape index (κ2) is 4.97. The number of rotatable bonds is 1. The van der Waals surface area contributed by atoms with Crippen molar-refractivity contribution in [1.82, 2.24) is 0 Å². The summed E-state index contributed by atoms with van der Waals surface area (Å²) in [5, 5.41) is 7.92. The van der Waals surface area contributed by atoms with Gasteiger partial charge in [-0.2, -0.15) is 5.26 Å². The SMILES string of the molecule is C/C=C/C=C\C#N. The van der Waals surface area contributed by atoms with Crippen LogP contribution < -0.4 is 0 Å². The van der Waals surface area contributed by atoms with Gasteiger partial charge in [-0.3, -0.25) is 0 Å². The fourth-order valence-corrected chi connectivity index (χ4v) is 0.210. The number of hydrogen-bond donors (Lipinski definition) is 0. The fourth-order valence-electron chi connectivity index (χ4n) is 0.210. The molecule has 0 saturated heterocycles. The van der Waals surface area contributed by atoms with Crippen LogP contribution in [0.2, 0.25) is 0 Å². The minimum atomic E-state index is 1.43. The molecule has 0 bridgehead atoms. The molecule has 0 amide bonds. The Labute approximate surface area is 43.6 Å². The molecule has 0 radical (unpaired) electrons. The molecule has 0 rings (SSSR count). The van der Waals surface area contributed by atoms with E-state index in [1.807, 2.05) is 25.1 Å². The first kappa shape index (κ1) is 5.97. The second-order valence-electron chi connectivity index (χ2n) is 1.01. The highest BCUT2D eigenvalue weighted by atomic mass is 14.2. The Kier molecular flexibility index (Phi) is 4.24. The normalized spacial score (nSPS) is 10.3. The first-order valence-corrected chi connectivity index (χ1v) is 2.09. The van der Waals surface area contributed by atoms with Gasteiger partial charge in [-0.25, -0.2) is 0 Å². The molecule has 0 unspecified atom stereocenters. The molecule has 0 spiro atoms. The summed E-state index contributed by atoms with van der Waals surface area (Å²) in [5.74, 6) is 0. The number of nitrogens with zero attached hydrogens (tertiary/aromatic N) is 1. The predicted molar refractivity (Wildman–Crippen MR) is 29.6 cm³/mol. The molecule has 1 heteroatoms. The Balaban J connectivity index is 3.33. The van der Waals surface area contributed by atoms with Crippen molar-refractivity contribution < 1.29 is 0 Å². The summed E-state index contributed by atoms with van der Waals surface area (Å²) < 4.78 is 0. The minimum absolute atomic E-state index is 1.43. The minimum Gasteiger partial charge on any atom is -0.193 e. The van der Waals surface area contributed by atoms with Crippen LogP contribution in [0.5, 0.6) is 0 Å². The van der Waals surface area contributed by atoms with Crippen LogP contribution in [-0.2, 0) is 0 Å². The van der Waals surface area contributed by atoms with Gasteiger partial charge in [0.25, 0.3) is 0 Å². The Hall–Kier alpha value is -1.03. The zero-order chi connectivity index (χ0) is 5.54. The highest BCUT2D eigenvalue weighted by Gasteiger charge is 1.54.